The largest absolute Gasteiger partial charge is 0.398 e. The molecule has 0 aliphatic rings. The average molecular weight is 273 g/mol. The van der Waals surface area contributed by atoms with Crippen LogP contribution in [-0.4, -0.2) is 32.2 Å². The number of ether oxygens (including phenoxy) is 1. The minimum Gasteiger partial charge on any atom is -0.398 e. The zero-order valence-corrected chi connectivity index (χ0v) is 10.8. The topological polar surface area (TPSA) is 38.5 Å². The lowest BCUT2D eigenvalue weighted by atomic mass is 10.2. The van der Waals surface area contributed by atoms with E-state index >= 15 is 0 Å². The summed E-state index contributed by atoms with van der Waals surface area (Å²) >= 11 is 3.51. The van der Waals surface area contributed by atoms with Crippen molar-refractivity contribution in [1.82, 2.24) is 4.90 Å². The van der Waals surface area contributed by atoms with Gasteiger partial charge in [-0.05, 0) is 19.2 Å². The van der Waals surface area contributed by atoms with Gasteiger partial charge < -0.3 is 10.5 Å². The summed E-state index contributed by atoms with van der Waals surface area (Å²) in [5.74, 6) is 0. The van der Waals surface area contributed by atoms with Crippen LogP contribution in [0.4, 0.5) is 5.69 Å². The average Bonchev–Trinajstić information content (AvgIpc) is 2.21. The van der Waals surface area contributed by atoms with E-state index in [-0.39, 0.29) is 0 Å². The Labute approximate surface area is 99.3 Å². The minimum atomic E-state index is 0.737. The third-order valence-electron chi connectivity index (χ3n) is 2.26. The first-order chi connectivity index (χ1) is 7.15. The van der Waals surface area contributed by atoms with E-state index in [1.54, 1.807) is 7.11 Å². The van der Waals surface area contributed by atoms with Crippen LogP contribution in [0, 0.1) is 0 Å². The number of hydrogen-bond acceptors (Lipinski definition) is 3. The molecule has 0 saturated carbocycles. The molecule has 2 N–H and O–H groups in total. The highest BCUT2D eigenvalue weighted by molar-refractivity contribution is 9.10. The standard InChI is InChI=1S/C11H17BrN2O/c1-14(6-7-15-2)8-9-10(12)4-3-5-11(9)13/h3-5H,6-8,13H2,1-2H3. The fourth-order valence-corrected chi connectivity index (χ4v) is 1.85. The number of nitrogen functional groups attached to an aromatic ring is 1. The first-order valence-corrected chi connectivity index (χ1v) is 5.64. The second-order valence-electron chi connectivity index (χ2n) is 3.54. The number of nitrogens with zero attached hydrogens (tertiary/aromatic N) is 1. The van der Waals surface area contributed by atoms with Crippen molar-refractivity contribution in [3.63, 3.8) is 0 Å². The fraction of sp³-hybridized carbons (Fsp3) is 0.455. The molecule has 1 aromatic carbocycles. The lowest BCUT2D eigenvalue weighted by Gasteiger charge is -2.18. The zero-order chi connectivity index (χ0) is 11.3. The number of benzene rings is 1. The van der Waals surface area contributed by atoms with Gasteiger partial charge in [-0.15, -0.1) is 0 Å². The van der Waals surface area contributed by atoms with E-state index in [0.717, 1.165) is 35.4 Å². The van der Waals surface area contributed by atoms with E-state index in [1.807, 2.05) is 18.2 Å². The van der Waals surface area contributed by atoms with Gasteiger partial charge in [-0.25, -0.2) is 0 Å². The summed E-state index contributed by atoms with van der Waals surface area (Å²) in [6.07, 6.45) is 0. The smallest absolute Gasteiger partial charge is 0.0589 e. The van der Waals surface area contributed by atoms with Gasteiger partial charge in [-0.1, -0.05) is 22.0 Å². The van der Waals surface area contributed by atoms with Crippen molar-refractivity contribution in [1.29, 1.82) is 0 Å². The molecule has 0 aliphatic heterocycles. The second-order valence-corrected chi connectivity index (χ2v) is 4.39. The molecule has 3 nitrogen and oxygen atoms in total. The van der Waals surface area contributed by atoms with Gasteiger partial charge in [0.05, 0.1) is 6.61 Å². The molecule has 0 bridgehead atoms. The molecule has 0 unspecified atom stereocenters. The highest BCUT2D eigenvalue weighted by atomic mass is 79.9. The van der Waals surface area contributed by atoms with Gasteiger partial charge >= 0.3 is 0 Å². The Morgan fingerprint density at radius 1 is 1.47 bits per heavy atom. The van der Waals surface area contributed by atoms with Crippen LogP contribution < -0.4 is 5.73 Å². The molecule has 4 heteroatoms. The maximum Gasteiger partial charge on any atom is 0.0589 e. The third kappa shape index (κ3) is 3.81. The third-order valence-corrected chi connectivity index (χ3v) is 3.00. The van der Waals surface area contributed by atoms with Crippen molar-refractivity contribution in [3.8, 4) is 0 Å². The molecule has 0 saturated heterocycles. The summed E-state index contributed by atoms with van der Waals surface area (Å²) in [6, 6.07) is 5.87. The Kier molecular flexibility index (Phi) is 5.08. The van der Waals surface area contributed by atoms with Gasteiger partial charge in [0.1, 0.15) is 0 Å². The summed E-state index contributed by atoms with van der Waals surface area (Å²) in [5.41, 5.74) is 7.87. The van der Waals surface area contributed by atoms with Crippen LogP contribution in [-0.2, 0) is 11.3 Å². The maximum atomic E-state index is 5.91. The highest BCUT2D eigenvalue weighted by Gasteiger charge is 2.06. The Balaban J connectivity index is 2.63. The fourth-order valence-electron chi connectivity index (χ4n) is 1.34. The van der Waals surface area contributed by atoms with Gasteiger partial charge in [0.2, 0.25) is 0 Å². The van der Waals surface area contributed by atoms with Crippen LogP contribution in [0.3, 0.4) is 0 Å². The van der Waals surface area contributed by atoms with Gasteiger partial charge in [0.15, 0.2) is 0 Å². The van der Waals surface area contributed by atoms with E-state index in [1.165, 1.54) is 0 Å². The van der Waals surface area contributed by atoms with Gasteiger partial charge in [0, 0.05) is 35.9 Å². The van der Waals surface area contributed by atoms with Gasteiger partial charge in [-0.2, -0.15) is 0 Å². The van der Waals surface area contributed by atoms with Crippen LogP contribution in [0.25, 0.3) is 0 Å². The molecule has 1 aromatic rings. The number of methoxy groups -OCH3 is 1. The predicted molar refractivity (Wildman–Crippen MR) is 66.8 cm³/mol. The Morgan fingerprint density at radius 2 is 2.20 bits per heavy atom. The summed E-state index contributed by atoms with van der Waals surface area (Å²) in [5, 5.41) is 0. The van der Waals surface area contributed by atoms with Crippen LogP contribution in [0.5, 0.6) is 0 Å². The molecule has 84 valence electrons. The number of nitrogens with two attached hydrogens (primary N) is 1. The maximum absolute atomic E-state index is 5.91. The van der Waals surface area contributed by atoms with Crippen LogP contribution >= 0.6 is 15.9 Å². The van der Waals surface area contributed by atoms with Crippen molar-refractivity contribution >= 4 is 21.6 Å². The van der Waals surface area contributed by atoms with E-state index < -0.39 is 0 Å². The van der Waals surface area contributed by atoms with E-state index in [0.29, 0.717) is 0 Å². The number of likely N-dealkylation sites (N-methyl/N-ethyl adjacent to an activating group) is 1. The highest BCUT2D eigenvalue weighted by Crippen LogP contribution is 2.23. The van der Waals surface area contributed by atoms with Crippen LogP contribution in [0.2, 0.25) is 0 Å². The Morgan fingerprint density at radius 3 is 2.80 bits per heavy atom. The molecule has 0 spiro atoms. The first kappa shape index (κ1) is 12.5. The molecule has 1 rings (SSSR count). The SMILES string of the molecule is COCCN(C)Cc1c(N)cccc1Br. The monoisotopic (exact) mass is 272 g/mol. The molecule has 15 heavy (non-hydrogen) atoms. The number of halogens is 1. The molecule has 0 heterocycles. The quantitative estimate of drug-likeness (QED) is 0.835. The first-order valence-electron chi connectivity index (χ1n) is 4.85. The summed E-state index contributed by atoms with van der Waals surface area (Å²) in [4.78, 5) is 2.18. The Bertz CT molecular complexity index is 297. The summed E-state index contributed by atoms with van der Waals surface area (Å²) < 4.78 is 6.09. The number of rotatable bonds is 5. The van der Waals surface area contributed by atoms with E-state index in [2.05, 4.69) is 27.9 Å². The number of anilines is 1. The summed E-state index contributed by atoms with van der Waals surface area (Å²) in [7, 11) is 3.76. The molecule has 0 amide bonds. The van der Waals surface area contributed by atoms with Crippen LogP contribution in [0.1, 0.15) is 5.56 Å². The molecule has 0 atom stereocenters. The summed E-state index contributed by atoms with van der Waals surface area (Å²) in [6.45, 7) is 2.47. The normalized spacial score (nSPS) is 10.9. The molecule has 0 aliphatic carbocycles. The minimum absolute atomic E-state index is 0.737. The predicted octanol–water partition coefficient (Wildman–Crippen LogP) is 2.11. The molecule has 0 aromatic heterocycles. The molecular weight excluding hydrogens is 256 g/mol. The van der Waals surface area contributed by atoms with Crippen molar-refractivity contribution in [2.45, 2.75) is 6.54 Å². The zero-order valence-electron chi connectivity index (χ0n) is 9.16. The van der Waals surface area contributed by atoms with Crippen molar-refractivity contribution < 1.29 is 4.74 Å². The van der Waals surface area contributed by atoms with Gasteiger partial charge in [0.25, 0.3) is 0 Å². The van der Waals surface area contributed by atoms with Crippen LogP contribution in [0.15, 0.2) is 22.7 Å². The van der Waals surface area contributed by atoms with Crippen molar-refractivity contribution in [2.24, 2.45) is 0 Å². The number of hydrogen-bond donors (Lipinski definition) is 1. The molecular formula is C11H17BrN2O. The second kappa shape index (κ2) is 6.10. The lowest BCUT2D eigenvalue weighted by molar-refractivity contribution is 0.158. The van der Waals surface area contributed by atoms with E-state index in [9.17, 15) is 0 Å². The van der Waals surface area contributed by atoms with Crippen molar-refractivity contribution in [2.75, 3.05) is 33.0 Å². The van der Waals surface area contributed by atoms with Gasteiger partial charge in [-0.3, -0.25) is 4.90 Å². The molecule has 0 fully saturated rings. The Hall–Kier alpha value is -0.580. The lowest BCUT2D eigenvalue weighted by Crippen LogP contribution is -2.23. The van der Waals surface area contributed by atoms with Crippen molar-refractivity contribution in [3.05, 3.63) is 28.2 Å². The molecule has 0 radical (unpaired) electrons. The van der Waals surface area contributed by atoms with E-state index in [4.69, 9.17) is 10.5 Å².